The Morgan fingerprint density at radius 2 is 1.67 bits per heavy atom. The third-order valence-corrected chi connectivity index (χ3v) is 3.17. The summed E-state index contributed by atoms with van der Waals surface area (Å²) in [5.41, 5.74) is 1.62. The predicted molar refractivity (Wildman–Crippen MR) is 78.6 cm³/mol. The summed E-state index contributed by atoms with van der Waals surface area (Å²) in [6.07, 6.45) is 0.581. The Bertz CT molecular complexity index is 664. The van der Waals surface area contributed by atoms with E-state index in [2.05, 4.69) is 0 Å². The van der Waals surface area contributed by atoms with Crippen LogP contribution < -0.4 is 14.2 Å². The van der Waals surface area contributed by atoms with Gasteiger partial charge in [-0.05, 0) is 29.8 Å². The number of hydrogen-bond acceptors (Lipinski definition) is 5. The maximum Gasteiger partial charge on any atom is 0.168 e. The van der Waals surface area contributed by atoms with Crippen molar-refractivity contribution in [2.24, 2.45) is 0 Å². The summed E-state index contributed by atoms with van der Waals surface area (Å²) in [5, 5.41) is 9.86. The van der Waals surface area contributed by atoms with Gasteiger partial charge >= 0.3 is 0 Å². The van der Waals surface area contributed by atoms with Crippen LogP contribution in [0.15, 0.2) is 30.3 Å². The Labute approximate surface area is 122 Å². The van der Waals surface area contributed by atoms with Crippen LogP contribution in [0.2, 0.25) is 0 Å². The lowest BCUT2D eigenvalue weighted by Crippen LogP contribution is -1.94. The third kappa shape index (κ3) is 2.76. The number of phenolic OH excluding ortho intramolecular Hbond substituents is 1. The molecule has 0 aliphatic rings. The lowest BCUT2D eigenvalue weighted by Gasteiger charge is -2.13. The van der Waals surface area contributed by atoms with Crippen molar-refractivity contribution < 1.29 is 24.1 Å². The first-order valence-corrected chi connectivity index (χ1v) is 6.23. The number of ether oxygens (including phenoxy) is 3. The number of aldehydes is 1. The Morgan fingerprint density at radius 3 is 2.24 bits per heavy atom. The molecule has 0 fully saturated rings. The summed E-state index contributed by atoms with van der Waals surface area (Å²) in [4.78, 5) is 11.1. The molecule has 0 atom stereocenters. The average molecular weight is 288 g/mol. The third-order valence-electron chi connectivity index (χ3n) is 3.17. The van der Waals surface area contributed by atoms with Crippen LogP contribution in [0.1, 0.15) is 10.4 Å². The largest absolute Gasteiger partial charge is 0.504 e. The van der Waals surface area contributed by atoms with Gasteiger partial charge in [0.15, 0.2) is 17.8 Å². The number of methoxy groups -OCH3 is 3. The van der Waals surface area contributed by atoms with Crippen LogP contribution in [0.4, 0.5) is 0 Å². The lowest BCUT2D eigenvalue weighted by molar-refractivity contribution is 0.112. The maximum atomic E-state index is 11.1. The molecule has 5 nitrogen and oxygen atoms in total. The molecule has 0 unspecified atom stereocenters. The van der Waals surface area contributed by atoms with Crippen LogP contribution in [0.3, 0.4) is 0 Å². The normalized spacial score (nSPS) is 10.0. The van der Waals surface area contributed by atoms with Gasteiger partial charge in [-0.2, -0.15) is 0 Å². The van der Waals surface area contributed by atoms with Gasteiger partial charge in [0.25, 0.3) is 0 Å². The van der Waals surface area contributed by atoms with Crippen LogP contribution in [0.5, 0.6) is 23.0 Å². The van der Waals surface area contributed by atoms with Crippen LogP contribution in [-0.2, 0) is 0 Å². The number of hydrogen-bond donors (Lipinski definition) is 1. The smallest absolute Gasteiger partial charge is 0.168 e. The molecule has 0 bridgehead atoms. The minimum absolute atomic E-state index is 0.155. The van der Waals surface area contributed by atoms with Crippen molar-refractivity contribution in [1.82, 2.24) is 0 Å². The highest BCUT2D eigenvalue weighted by molar-refractivity contribution is 5.86. The number of benzene rings is 2. The van der Waals surface area contributed by atoms with Gasteiger partial charge in [-0.15, -0.1) is 0 Å². The van der Waals surface area contributed by atoms with E-state index in [1.165, 1.54) is 7.11 Å². The molecule has 0 radical (unpaired) electrons. The van der Waals surface area contributed by atoms with Gasteiger partial charge in [-0.1, -0.05) is 0 Å². The monoisotopic (exact) mass is 288 g/mol. The van der Waals surface area contributed by atoms with Crippen LogP contribution in [-0.4, -0.2) is 32.7 Å². The fourth-order valence-corrected chi connectivity index (χ4v) is 2.07. The molecule has 0 aliphatic carbocycles. The zero-order valence-electron chi connectivity index (χ0n) is 12.0. The summed E-state index contributed by atoms with van der Waals surface area (Å²) >= 11 is 0. The molecule has 0 amide bonds. The molecule has 0 saturated heterocycles. The van der Waals surface area contributed by atoms with Crippen molar-refractivity contribution in [2.75, 3.05) is 21.3 Å². The zero-order chi connectivity index (χ0) is 15.4. The van der Waals surface area contributed by atoms with Gasteiger partial charge in [0, 0.05) is 11.6 Å². The van der Waals surface area contributed by atoms with Gasteiger partial charge in [-0.3, -0.25) is 4.79 Å². The van der Waals surface area contributed by atoms with Gasteiger partial charge in [0.2, 0.25) is 0 Å². The highest BCUT2D eigenvalue weighted by Crippen LogP contribution is 2.39. The second kappa shape index (κ2) is 6.17. The second-order valence-corrected chi connectivity index (χ2v) is 4.30. The molecular formula is C16H16O5. The second-order valence-electron chi connectivity index (χ2n) is 4.30. The number of carbonyl (C=O) groups excluding carboxylic acids is 1. The zero-order valence-corrected chi connectivity index (χ0v) is 12.0. The Hall–Kier alpha value is -2.69. The molecule has 0 aliphatic heterocycles. The molecule has 0 saturated carbocycles. The van der Waals surface area contributed by atoms with E-state index < -0.39 is 0 Å². The average Bonchev–Trinajstić information content (AvgIpc) is 2.54. The van der Waals surface area contributed by atoms with Crippen LogP contribution in [0.25, 0.3) is 11.1 Å². The number of aromatic hydroxyl groups is 1. The maximum absolute atomic E-state index is 11.1. The Kier molecular flexibility index (Phi) is 4.33. The molecular weight excluding hydrogens is 272 g/mol. The number of rotatable bonds is 5. The van der Waals surface area contributed by atoms with E-state index in [9.17, 15) is 9.90 Å². The van der Waals surface area contributed by atoms with Crippen LogP contribution >= 0.6 is 0 Å². The molecule has 110 valence electrons. The van der Waals surface area contributed by atoms with E-state index in [4.69, 9.17) is 14.2 Å². The topological polar surface area (TPSA) is 65.0 Å². The van der Waals surface area contributed by atoms with E-state index in [0.717, 1.165) is 5.56 Å². The minimum atomic E-state index is -0.177. The van der Waals surface area contributed by atoms with Crippen molar-refractivity contribution in [2.45, 2.75) is 0 Å². The summed E-state index contributed by atoms with van der Waals surface area (Å²) in [5.74, 6) is 1.31. The quantitative estimate of drug-likeness (QED) is 0.857. The summed E-state index contributed by atoms with van der Waals surface area (Å²) in [6, 6.07) is 8.58. The SMILES string of the molecule is COc1ccc(-c2cc(C=O)c(O)c(OC)c2)c(OC)c1. The van der Waals surface area contributed by atoms with E-state index >= 15 is 0 Å². The number of carbonyl (C=O) groups is 1. The molecule has 1 N–H and O–H groups in total. The van der Waals surface area contributed by atoms with Crippen molar-refractivity contribution >= 4 is 6.29 Å². The van der Waals surface area contributed by atoms with Gasteiger partial charge in [0.1, 0.15) is 11.5 Å². The Balaban J connectivity index is 2.63. The summed E-state index contributed by atoms with van der Waals surface area (Å²) in [6.45, 7) is 0. The summed E-state index contributed by atoms with van der Waals surface area (Å²) < 4.78 is 15.6. The van der Waals surface area contributed by atoms with E-state index in [1.54, 1.807) is 38.5 Å². The molecule has 2 rings (SSSR count). The Morgan fingerprint density at radius 1 is 0.952 bits per heavy atom. The van der Waals surface area contributed by atoms with E-state index in [-0.39, 0.29) is 17.1 Å². The first kappa shape index (κ1) is 14.7. The van der Waals surface area contributed by atoms with Gasteiger partial charge in [0.05, 0.1) is 26.9 Å². The van der Waals surface area contributed by atoms with E-state index in [1.807, 2.05) is 6.07 Å². The molecule has 0 spiro atoms. The highest BCUT2D eigenvalue weighted by atomic mass is 16.5. The standard InChI is InChI=1S/C16H16O5/c1-19-12-4-5-13(14(8-12)20-2)10-6-11(9-17)16(18)15(7-10)21-3/h4-9,18H,1-3H3. The van der Waals surface area contributed by atoms with Crippen molar-refractivity contribution in [1.29, 1.82) is 0 Å². The molecule has 5 heteroatoms. The van der Waals surface area contributed by atoms with Gasteiger partial charge < -0.3 is 19.3 Å². The summed E-state index contributed by atoms with van der Waals surface area (Å²) in [7, 11) is 4.55. The van der Waals surface area contributed by atoms with Crippen molar-refractivity contribution in [3.05, 3.63) is 35.9 Å². The molecule has 21 heavy (non-hydrogen) atoms. The predicted octanol–water partition coefficient (Wildman–Crippen LogP) is 2.90. The highest BCUT2D eigenvalue weighted by Gasteiger charge is 2.14. The fourth-order valence-electron chi connectivity index (χ4n) is 2.07. The molecule has 2 aromatic carbocycles. The first-order chi connectivity index (χ1) is 10.1. The minimum Gasteiger partial charge on any atom is -0.504 e. The molecule has 2 aromatic rings. The van der Waals surface area contributed by atoms with Gasteiger partial charge in [-0.25, -0.2) is 0 Å². The molecule has 0 heterocycles. The van der Waals surface area contributed by atoms with Crippen molar-refractivity contribution in [3.63, 3.8) is 0 Å². The van der Waals surface area contributed by atoms with Crippen LogP contribution in [0, 0.1) is 0 Å². The van der Waals surface area contributed by atoms with Crippen molar-refractivity contribution in [3.8, 4) is 34.1 Å². The number of phenols is 1. The first-order valence-electron chi connectivity index (χ1n) is 6.23. The van der Waals surface area contributed by atoms with E-state index in [0.29, 0.717) is 23.3 Å². The fraction of sp³-hybridized carbons (Fsp3) is 0.188. The molecule has 0 aromatic heterocycles. The lowest BCUT2D eigenvalue weighted by atomic mass is 10.0.